The minimum Gasteiger partial charge on any atom is -0.424 e. The maximum absolute atomic E-state index is 11.5. The molecule has 4 nitrogen and oxygen atoms in total. The lowest BCUT2D eigenvalue weighted by atomic mass is 9.96. The molecule has 0 bridgehead atoms. The molecule has 0 radical (unpaired) electrons. The Morgan fingerprint density at radius 2 is 1.76 bits per heavy atom. The Labute approximate surface area is 150 Å². The number of rotatable bonds is 4. The fourth-order valence-electron chi connectivity index (χ4n) is 3.43. The number of aromatic nitrogens is 1. The summed E-state index contributed by atoms with van der Waals surface area (Å²) < 4.78 is 17.4. The third-order valence-corrected chi connectivity index (χ3v) is 5.78. The Bertz CT molecular complexity index is 896. The first kappa shape index (κ1) is 16.3. The summed E-state index contributed by atoms with van der Waals surface area (Å²) in [7, 11) is -0.952. The Balaban J connectivity index is 1.58. The van der Waals surface area contributed by atoms with Crippen LogP contribution in [0.5, 0.6) is 0 Å². The summed E-state index contributed by atoms with van der Waals surface area (Å²) in [6.07, 6.45) is 7.96. The average molecular weight is 354 g/mol. The highest BCUT2D eigenvalue weighted by Gasteiger charge is 2.16. The standard InChI is InChI=1S/C20H22N2O2S/c1-25(23)17-10-7-14(8-11-17)15-9-12-19-18(13-15)22-20(24-19)21-16-5-3-2-4-6-16/h7-13,16H,2-6H2,1H3,(H,21,22). The molecule has 1 N–H and O–H groups in total. The van der Waals surface area contributed by atoms with Gasteiger partial charge in [-0.3, -0.25) is 4.21 Å². The fraction of sp³-hybridized carbons (Fsp3) is 0.350. The molecule has 1 unspecified atom stereocenters. The molecule has 4 rings (SSSR count). The van der Waals surface area contributed by atoms with Crippen molar-refractivity contribution in [3.63, 3.8) is 0 Å². The van der Waals surface area contributed by atoms with Crippen molar-refractivity contribution in [1.29, 1.82) is 0 Å². The van der Waals surface area contributed by atoms with Crippen LogP contribution in [0.1, 0.15) is 32.1 Å². The van der Waals surface area contributed by atoms with Crippen LogP contribution in [0.4, 0.5) is 6.01 Å². The zero-order valence-electron chi connectivity index (χ0n) is 14.3. The zero-order chi connectivity index (χ0) is 17.2. The highest BCUT2D eigenvalue weighted by molar-refractivity contribution is 7.84. The van der Waals surface area contributed by atoms with E-state index in [0.29, 0.717) is 12.1 Å². The van der Waals surface area contributed by atoms with Crippen molar-refractivity contribution >= 4 is 27.9 Å². The molecule has 0 saturated heterocycles. The minimum atomic E-state index is -0.952. The van der Waals surface area contributed by atoms with Gasteiger partial charge in [0.1, 0.15) is 5.52 Å². The molecule has 0 spiro atoms. The van der Waals surface area contributed by atoms with E-state index < -0.39 is 10.8 Å². The van der Waals surface area contributed by atoms with E-state index in [9.17, 15) is 4.21 Å². The van der Waals surface area contributed by atoms with Gasteiger partial charge in [-0.05, 0) is 48.2 Å². The molecule has 1 fully saturated rings. The van der Waals surface area contributed by atoms with Gasteiger partial charge < -0.3 is 9.73 Å². The largest absolute Gasteiger partial charge is 0.424 e. The molecule has 3 aromatic rings. The van der Waals surface area contributed by atoms with Crippen LogP contribution in [0.2, 0.25) is 0 Å². The molecule has 0 aliphatic heterocycles. The number of fused-ring (bicyclic) bond motifs is 1. The second-order valence-corrected chi connectivity index (χ2v) is 8.04. The van der Waals surface area contributed by atoms with Gasteiger partial charge in [-0.25, -0.2) is 0 Å². The quantitative estimate of drug-likeness (QED) is 0.718. The van der Waals surface area contributed by atoms with Gasteiger partial charge in [0, 0.05) is 28.0 Å². The Morgan fingerprint density at radius 3 is 2.48 bits per heavy atom. The van der Waals surface area contributed by atoms with Gasteiger partial charge in [-0.2, -0.15) is 4.98 Å². The summed E-state index contributed by atoms with van der Waals surface area (Å²) in [4.78, 5) is 5.45. The topological polar surface area (TPSA) is 55.1 Å². The third kappa shape index (κ3) is 3.61. The van der Waals surface area contributed by atoms with Crippen LogP contribution in [-0.4, -0.2) is 21.5 Å². The van der Waals surface area contributed by atoms with Crippen LogP contribution in [0.3, 0.4) is 0 Å². The highest BCUT2D eigenvalue weighted by atomic mass is 32.2. The SMILES string of the molecule is CS(=O)c1ccc(-c2ccc3oc(NC4CCCCC4)nc3c2)cc1. The van der Waals surface area contributed by atoms with Crippen LogP contribution >= 0.6 is 0 Å². The van der Waals surface area contributed by atoms with E-state index in [2.05, 4.69) is 10.3 Å². The molecule has 2 aromatic carbocycles. The van der Waals surface area contributed by atoms with Crippen molar-refractivity contribution in [3.8, 4) is 11.1 Å². The Kier molecular flexibility index (Phi) is 4.57. The van der Waals surface area contributed by atoms with E-state index in [-0.39, 0.29) is 0 Å². The average Bonchev–Trinajstić information content (AvgIpc) is 3.04. The first-order valence-corrected chi connectivity index (χ1v) is 10.4. The smallest absolute Gasteiger partial charge is 0.295 e. The lowest BCUT2D eigenvalue weighted by Crippen LogP contribution is -2.22. The van der Waals surface area contributed by atoms with Gasteiger partial charge in [-0.15, -0.1) is 0 Å². The van der Waals surface area contributed by atoms with E-state index in [1.165, 1.54) is 32.1 Å². The molecule has 25 heavy (non-hydrogen) atoms. The molecule has 1 saturated carbocycles. The summed E-state index contributed by atoms with van der Waals surface area (Å²) in [5, 5.41) is 3.44. The molecule has 130 valence electrons. The Hall–Kier alpha value is -2.14. The van der Waals surface area contributed by atoms with Crippen molar-refractivity contribution in [2.45, 2.75) is 43.0 Å². The third-order valence-electron chi connectivity index (χ3n) is 4.84. The van der Waals surface area contributed by atoms with Crippen LogP contribution < -0.4 is 5.32 Å². The van der Waals surface area contributed by atoms with Gasteiger partial charge >= 0.3 is 0 Å². The van der Waals surface area contributed by atoms with Crippen molar-refractivity contribution in [1.82, 2.24) is 4.98 Å². The fourth-order valence-corrected chi connectivity index (χ4v) is 3.95. The molecular weight excluding hydrogens is 332 g/mol. The number of oxazole rings is 1. The van der Waals surface area contributed by atoms with Gasteiger partial charge in [0.05, 0.1) is 0 Å². The first-order valence-electron chi connectivity index (χ1n) is 8.80. The summed E-state index contributed by atoms with van der Waals surface area (Å²) in [5.41, 5.74) is 3.83. The maximum atomic E-state index is 11.5. The maximum Gasteiger partial charge on any atom is 0.295 e. The van der Waals surface area contributed by atoms with Crippen molar-refractivity contribution in [3.05, 3.63) is 42.5 Å². The molecular formula is C20H22N2O2S. The minimum absolute atomic E-state index is 0.476. The predicted octanol–water partition coefficient (Wildman–Crippen LogP) is 4.98. The lowest BCUT2D eigenvalue weighted by molar-refractivity contribution is 0.451. The number of benzene rings is 2. The first-order chi connectivity index (χ1) is 12.2. The Morgan fingerprint density at radius 1 is 1.04 bits per heavy atom. The van der Waals surface area contributed by atoms with Gasteiger partial charge in [-0.1, -0.05) is 37.5 Å². The summed E-state index contributed by atoms with van der Waals surface area (Å²) in [6.45, 7) is 0. The van der Waals surface area contributed by atoms with E-state index in [0.717, 1.165) is 27.1 Å². The van der Waals surface area contributed by atoms with Gasteiger partial charge in [0.2, 0.25) is 0 Å². The van der Waals surface area contributed by atoms with Crippen molar-refractivity contribution in [2.24, 2.45) is 0 Å². The normalized spacial score (nSPS) is 16.8. The van der Waals surface area contributed by atoms with Gasteiger partial charge in [0.15, 0.2) is 5.58 Å². The van der Waals surface area contributed by atoms with E-state index >= 15 is 0 Å². The number of hydrogen-bond donors (Lipinski definition) is 1. The molecule has 1 aliphatic rings. The van der Waals surface area contributed by atoms with E-state index in [1.54, 1.807) is 6.26 Å². The zero-order valence-corrected chi connectivity index (χ0v) is 15.1. The summed E-state index contributed by atoms with van der Waals surface area (Å²) in [6, 6.07) is 15.0. The molecule has 0 amide bonds. The highest BCUT2D eigenvalue weighted by Crippen LogP contribution is 2.28. The van der Waals surface area contributed by atoms with Crippen molar-refractivity contribution in [2.75, 3.05) is 11.6 Å². The molecule has 1 heterocycles. The molecule has 1 aromatic heterocycles. The number of hydrogen-bond acceptors (Lipinski definition) is 4. The monoisotopic (exact) mass is 354 g/mol. The van der Waals surface area contributed by atoms with E-state index in [4.69, 9.17) is 4.42 Å². The van der Waals surface area contributed by atoms with Gasteiger partial charge in [0.25, 0.3) is 6.01 Å². The van der Waals surface area contributed by atoms with Crippen LogP contribution in [0.15, 0.2) is 51.8 Å². The van der Waals surface area contributed by atoms with Crippen LogP contribution in [-0.2, 0) is 10.8 Å². The van der Waals surface area contributed by atoms with E-state index in [1.807, 2.05) is 42.5 Å². The molecule has 5 heteroatoms. The summed E-state index contributed by atoms with van der Waals surface area (Å²) >= 11 is 0. The van der Waals surface area contributed by atoms with Crippen molar-refractivity contribution < 1.29 is 8.63 Å². The number of nitrogens with one attached hydrogen (secondary N) is 1. The number of anilines is 1. The predicted molar refractivity (Wildman–Crippen MR) is 102 cm³/mol. The number of nitrogens with zero attached hydrogens (tertiary/aromatic N) is 1. The second-order valence-electron chi connectivity index (χ2n) is 6.66. The molecule has 1 aliphatic carbocycles. The second kappa shape index (κ2) is 7.00. The van der Waals surface area contributed by atoms with Crippen LogP contribution in [0, 0.1) is 0 Å². The lowest BCUT2D eigenvalue weighted by Gasteiger charge is -2.21. The molecule has 1 atom stereocenters. The summed E-state index contributed by atoms with van der Waals surface area (Å²) in [5.74, 6) is 0. The van der Waals surface area contributed by atoms with Crippen LogP contribution in [0.25, 0.3) is 22.2 Å².